The van der Waals surface area contributed by atoms with E-state index in [9.17, 15) is 4.79 Å². The summed E-state index contributed by atoms with van der Waals surface area (Å²) in [6.07, 6.45) is 5.81. The molecule has 1 aliphatic carbocycles. The maximum Gasteiger partial charge on any atom is 0.309 e. The summed E-state index contributed by atoms with van der Waals surface area (Å²) in [5.74, 6) is -0.0232. The van der Waals surface area contributed by atoms with Crippen LogP contribution in [-0.2, 0) is 9.53 Å². The minimum Gasteiger partial charge on any atom is -0.481 e. The molecule has 0 aliphatic heterocycles. The number of carboxylic acid groups (broad SMARTS) is 1. The third kappa shape index (κ3) is 4.20. The van der Waals surface area contributed by atoms with E-state index in [1.807, 2.05) is 0 Å². The molecular formula is C12H22O3. The molecule has 1 aliphatic rings. The van der Waals surface area contributed by atoms with E-state index in [0.717, 1.165) is 12.5 Å². The van der Waals surface area contributed by atoms with Gasteiger partial charge in [-0.05, 0) is 39.0 Å². The Bertz CT molecular complexity index is 205. The van der Waals surface area contributed by atoms with Crippen molar-refractivity contribution in [3.05, 3.63) is 0 Å². The summed E-state index contributed by atoms with van der Waals surface area (Å²) in [6.45, 7) is 4.87. The third-order valence-corrected chi connectivity index (χ3v) is 3.28. The highest BCUT2D eigenvalue weighted by molar-refractivity contribution is 5.73. The monoisotopic (exact) mass is 214 g/mol. The Balaban J connectivity index is 2.08. The molecule has 0 spiro atoms. The van der Waals surface area contributed by atoms with E-state index >= 15 is 0 Å². The molecule has 1 fully saturated rings. The van der Waals surface area contributed by atoms with E-state index < -0.39 is 11.4 Å². The molecule has 0 bridgehead atoms. The molecule has 1 N–H and O–H groups in total. The molecule has 0 saturated heterocycles. The molecule has 15 heavy (non-hydrogen) atoms. The summed E-state index contributed by atoms with van der Waals surface area (Å²) in [6, 6.07) is 0. The van der Waals surface area contributed by atoms with Gasteiger partial charge in [-0.2, -0.15) is 0 Å². The number of hydrogen-bond acceptors (Lipinski definition) is 2. The molecule has 0 amide bonds. The van der Waals surface area contributed by atoms with Gasteiger partial charge < -0.3 is 9.84 Å². The average Bonchev–Trinajstić information content (AvgIpc) is 2.64. The molecule has 0 unspecified atom stereocenters. The molecular weight excluding hydrogens is 192 g/mol. The normalized spacial score (nSPS) is 18.3. The number of carbonyl (C=O) groups is 1. The number of ether oxygens (including phenoxy) is 1. The van der Waals surface area contributed by atoms with Gasteiger partial charge in [0.15, 0.2) is 0 Å². The second-order valence-corrected chi connectivity index (χ2v) is 5.16. The van der Waals surface area contributed by atoms with Crippen molar-refractivity contribution >= 4 is 5.97 Å². The molecule has 0 aromatic carbocycles. The van der Waals surface area contributed by atoms with Crippen molar-refractivity contribution in [2.75, 3.05) is 13.2 Å². The lowest BCUT2D eigenvalue weighted by atomic mass is 9.90. The predicted molar refractivity (Wildman–Crippen MR) is 58.8 cm³/mol. The van der Waals surface area contributed by atoms with Crippen molar-refractivity contribution in [1.29, 1.82) is 0 Å². The molecule has 3 nitrogen and oxygen atoms in total. The third-order valence-electron chi connectivity index (χ3n) is 3.28. The lowest BCUT2D eigenvalue weighted by Gasteiger charge is -2.19. The van der Waals surface area contributed by atoms with Crippen LogP contribution in [0.1, 0.15) is 46.0 Å². The topological polar surface area (TPSA) is 46.5 Å². The number of carboxylic acids is 1. The van der Waals surface area contributed by atoms with Gasteiger partial charge in [-0.25, -0.2) is 0 Å². The Morgan fingerprint density at radius 2 is 2.00 bits per heavy atom. The van der Waals surface area contributed by atoms with Crippen LogP contribution in [0.3, 0.4) is 0 Å². The first-order valence-corrected chi connectivity index (χ1v) is 5.83. The predicted octanol–water partition coefficient (Wildman–Crippen LogP) is 2.69. The van der Waals surface area contributed by atoms with Crippen LogP contribution in [0, 0.1) is 11.3 Å². The Kier molecular flexibility index (Phi) is 4.58. The molecule has 0 aromatic heterocycles. The highest BCUT2D eigenvalue weighted by Crippen LogP contribution is 2.25. The van der Waals surface area contributed by atoms with E-state index in [2.05, 4.69) is 0 Å². The standard InChI is InChI=1S/C12H22O3/c1-12(2,11(13)14)7-8-15-9-10-5-3-4-6-10/h10H,3-9H2,1-2H3,(H,13,14). The maximum atomic E-state index is 10.8. The lowest BCUT2D eigenvalue weighted by molar-refractivity contribution is -0.148. The fourth-order valence-electron chi connectivity index (χ4n) is 1.86. The Morgan fingerprint density at radius 3 is 2.53 bits per heavy atom. The zero-order valence-electron chi connectivity index (χ0n) is 9.79. The van der Waals surface area contributed by atoms with Crippen molar-refractivity contribution < 1.29 is 14.6 Å². The van der Waals surface area contributed by atoms with Gasteiger partial charge >= 0.3 is 5.97 Å². The van der Waals surface area contributed by atoms with Crippen molar-refractivity contribution in [2.45, 2.75) is 46.0 Å². The molecule has 0 atom stereocenters. The van der Waals surface area contributed by atoms with Crippen LogP contribution < -0.4 is 0 Å². The highest BCUT2D eigenvalue weighted by atomic mass is 16.5. The van der Waals surface area contributed by atoms with Crippen LogP contribution in [0.4, 0.5) is 0 Å². The van der Waals surface area contributed by atoms with Crippen LogP contribution in [0.15, 0.2) is 0 Å². The van der Waals surface area contributed by atoms with Gasteiger partial charge in [0.1, 0.15) is 0 Å². The smallest absolute Gasteiger partial charge is 0.309 e. The molecule has 88 valence electrons. The van der Waals surface area contributed by atoms with Gasteiger partial charge in [0.2, 0.25) is 0 Å². The largest absolute Gasteiger partial charge is 0.481 e. The average molecular weight is 214 g/mol. The van der Waals surface area contributed by atoms with Crippen LogP contribution >= 0.6 is 0 Å². The molecule has 0 aromatic rings. The molecule has 3 heteroatoms. The Hall–Kier alpha value is -0.570. The van der Waals surface area contributed by atoms with Gasteiger partial charge in [-0.1, -0.05) is 12.8 Å². The van der Waals surface area contributed by atoms with Crippen molar-refractivity contribution in [3.63, 3.8) is 0 Å². The SMILES string of the molecule is CC(C)(CCOCC1CCCC1)C(=O)O. The number of rotatable bonds is 6. The molecule has 1 saturated carbocycles. The van der Waals surface area contributed by atoms with Crippen LogP contribution in [0.5, 0.6) is 0 Å². The van der Waals surface area contributed by atoms with Gasteiger partial charge in [0.05, 0.1) is 5.41 Å². The fourth-order valence-corrected chi connectivity index (χ4v) is 1.86. The maximum absolute atomic E-state index is 10.8. The Morgan fingerprint density at radius 1 is 1.40 bits per heavy atom. The van der Waals surface area contributed by atoms with Gasteiger partial charge in [-0.3, -0.25) is 4.79 Å². The second-order valence-electron chi connectivity index (χ2n) is 5.16. The van der Waals surface area contributed by atoms with Crippen LogP contribution in [0.25, 0.3) is 0 Å². The zero-order chi connectivity index (χ0) is 11.3. The van der Waals surface area contributed by atoms with Crippen molar-refractivity contribution in [3.8, 4) is 0 Å². The Labute approximate surface area is 91.8 Å². The number of hydrogen-bond donors (Lipinski definition) is 1. The summed E-state index contributed by atoms with van der Waals surface area (Å²) in [5, 5.41) is 8.90. The van der Waals surface area contributed by atoms with Crippen LogP contribution in [0.2, 0.25) is 0 Å². The first-order chi connectivity index (χ1) is 7.02. The van der Waals surface area contributed by atoms with E-state index in [4.69, 9.17) is 9.84 Å². The van der Waals surface area contributed by atoms with E-state index in [-0.39, 0.29) is 0 Å². The molecule has 0 radical (unpaired) electrons. The van der Waals surface area contributed by atoms with Gasteiger partial charge in [0.25, 0.3) is 0 Å². The van der Waals surface area contributed by atoms with Crippen molar-refractivity contribution in [1.82, 2.24) is 0 Å². The summed E-state index contributed by atoms with van der Waals surface area (Å²) in [7, 11) is 0. The van der Waals surface area contributed by atoms with E-state index in [1.165, 1.54) is 25.7 Å². The summed E-state index contributed by atoms with van der Waals surface area (Å²) >= 11 is 0. The highest BCUT2D eigenvalue weighted by Gasteiger charge is 2.26. The van der Waals surface area contributed by atoms with Crippen LogP contribution in [-0.4, -0.2) is 24.3 Å². The van der Waals surface area contributed by atoms with E-state index in [0.29, 0.717) is 13.0 Å². The number of aliphatic carboxylic acids is 1. The van der Waals surface area contributed by atoms with Crippen molar-refractivity contribution in [2.24, 2.45) is 11.3 Å². The first-order valence-electron chi connectivity index (χ1n) is 5.83. The molecule has 0 heterocycles. The van der Waals surface area contributed by atoms with Gasteiger partial charge in [-0.15, -0.1) is 0 Å². The summed E-state index contributed by atoms with van der Waals surface area (Å²) in [5.41, 5.74) is -0.657. The van der Waals surface area contributed by atoms with E-state index in [1.54, 1.807) is 13.8 Å². The fraction of sp³-hybridized carbons (Fsp3) is 0.917. The summed E-state index contributed by atoms with van der Waals surface area (Å²) < 4.78 is 5.54. The minimum atomic E-state index is -0.744. The minimum absolute atomic E-state index is 0.565. The quantitative estimate of drug-likeness (QED) is 0.691. The van der Waals surface area contributed by atoms with Gasteiger partial charge in [0, 0.05) is 13.2 Å². The lowest BCUT2D eigenvalue weighted by Crippen LogP contribution is -2.25. The molecule has 1 rings (SSSR count). The summed E-state index contributed by atoms with van der Waals surface area (Å²) in [4.78, 5) is 10.8. The first kappa shape index (κ1) is 12.5. The second kappa shape index (κ2) is 5.50. The zero-order valence-corrected chi connectivity index (χ0v) is 9.79.